The van der Waals surface area contributed by atoms with Crippen LogP contribution in [0.3, 0.4) is 0 Å². The first kappa shape index (κ1) is 42.0. The van der Waals surface area contributed by atoms with Gasteiger partial charge in [0.15, 0.2) is 18.9 Å². The van der Waals surface area contributed by atoms with Crippen LogP contribution in [0.15, 0.2) is 11.6 Å². The summed E-state index contributed by atoms with van der Waals surface area (Å²) in [6.07, 6.45) is 2.12. The summed E-state index contributed by atoms with van der Waals surface area (Å²) in [4.78, 5) is 23.4. The van der Waals surface area contributed by atoms with Crippen LogP contribution in [0.5, 0.6) is 0 Å². The number of aliphatic hydroxyl groups is 4. The van der Waals surface area contributed by atoms with Gasteiger partial charge in [-0.15, -0.1) is 0 Å². The van der Waals surface area contributed by atoms with Crippen molar-refractivity contribution in [2.45, 2.75) is 204 Å². The lowest BCUT2D eigenvalue weighted by atomic mass is 9.42. The van der Waals surface area contributed by atoms with Gasteiger partial charge in [0.1, 0.15) is 24.9 Å². The largest absolute Gasteiger partial charge is 0.460 e. The summed E-state index contributed by atoms with van der Waals surface area (Å²) in [5.74, 6) is -0.127. The highest BCUT2D eigenvalue weighted by molar-refractivity contribution is 5.85. The molecule has 20 atom stereocenters. The lowest BCUT2D eigenvalue weighted by Gasteiger charge is -2.65. The number of hydrogen-bond donors (Lipinski definition) is 4. The fourth-order valence-electron chi connectivity index (χ4n) is 13.0. The van der Waals surface area contributed by atoms with Crippen LogP contribution >= 0.6 is 0 Å². The van der Waals surface area contributed by atoms with Crippen molar-refractivity contribution in [1.82, 2.24) is 0 Å². The van der Waals surface area contributed by atoms with Gasteiger partial charge in [0.25, 0.3) is 0 Å². The van der Waals surface area contributed by atoms with E-state index in [1.54, 1.807) is 6.08 Å². The smallest absolute Gasteiger partial charge is 0.331 e. The maximum absolute atomic E-state index is 12.6. The van der Waals surface area contributed by atoms with E-state index in [1.807, 2.05) is 27.7 Å². The number of carbonyl (C=O) groups is 2. The molecule has 0 aromatic carbocycles. The standard InChI is InChI=1S/C43H66O14/c1-21-33(54-24(4)44)9-10-36(51-21)56-39-22(2)53-38(19-32(39)46)57-40-23(3)52-37(18-31(40)45)55-27-11-13-41(5)26(16-27)7-8-29-30(41)17-34(47)42(6)28(12-14-43(29,42)49)25-15-35(48)50-20-25/h15,21-23,26-34,36-40,45-47,49H,7-14,16-20H2,1-6H3/t21-,22-,23-,26?,27+,28-,29?,30?,31+,32+,33+,34-,36?,37+,38?,39-,40-,41+,42+,43+/m1/s1. The minimum atomic E-state index is -1.01. The molecule has 14 heteroatoms. The lowest BCUT2D eigenvalue weighted by Crippen LogP contribution is -2.67. The molecule has 0 spiro atoms. The summed E-state index contributed by atoms with van der Waals surface area (Å²) in [6.45, 7) is 11.5. The molecular formula is C43H66O14. The van der Waals surface area contributed by atoms with Crippen LogP contribution in [-0.4, -0.2) is 124 Å². The zero-order valence-electron chi connectivity index (χ0n) is 34.5. The Balaban J connectivity index is 0.822. The lowest BCUT2D eigenvalue weighted by molar-refractivity contribution is -0.333. The number of fused-ring (bicyclic) bond motifs is 5. The zero-order chi connectivity index (χ0) is 40.6. The van der Waals surface area contributed by atoms with E-state index >= 15 is 0 Å². The zero-order valence-corrected chi connectivity index (χ0v) is 34.5. The van der Waals surface area contributed by atoms with Gasteiger partial charge in [-0.1, -0.05) is 13.8 Å². The number of cyclic esters (lactones) is 1. The first-order valence-corrected chi connectivity index (χ1v) is 21.7. The molecule has 4 aliphatic carbocycles. The monoisotopic (exact) mass is 806 g/mol. The number of carbonyl (C=O) groups excluding carboxylic acids is 2. The summed E-state index contributed by atoms with van der Waals surface area (Å²) in [6, 6.07) is 0. The van der Waals surface area contributed by atoms with Crippen LogP contribution in [0.2, 0.25) is 0 Å². The molecule has 4 N–H and O–H groups in total. The maximum atomic E-state index is 12.6. The highest BCUT2D eigenvalue weighted by atomic mass is 16.7. The van der Waals surface area contributed by atoms with Gasteiger partial charge in [0, 0.05) is 37.7 Å². The second-order valence-corrected chi connectivity index (χ2v) is 19.2. The molecule has 8 rings (SSSR count). The summed E-state index contributed by atoms with van der Waals surface area (Å²) >= 11 is 0. The molecule has 8 aliphatic rings. The average molecular weight is 807 g/mol. The third-order valence-corrected chi connectivity index (χ3v) is 16.2. The number of aliphatic hydroxyl groups excluding tert-OH is 3. The van der Waals surface area contributed by atoms with Crippen LogP contribution in [0.25, 0.3) is 0 Å². The van der Waals surface area contributed by atoms with E-state index in [4.69, 9.17) is 37.9 Å². The fourth-order valence-corrected chi connectivity index (χ4v) is 13.0. The maximum Gasteiger partial charge on any atom is 0.331 e. The van der Waals surface area contributed by atoms with Crippen LogP contribution in [0, 0.1) is 34.5 Å². The van der Waals surface area contributed by atoms with Gasteiger partial charge in [-0.25, -0.2) is 4.79 Å². The quantitative estimate of drug-likeness (QED) is 0.205. The topological polar surface area (TPSA) is 189 Å². The van der Waals surface area contributed by atoms with Gasteiger partial charge in [0.2, 0.25) is 0 Å². The van der Waals surface area contributed by atoms with Crippen molar-refractivity contribution >= 4 is 11.9 Å². The minimum absolute atomic E-state index is 0.0376. The Morgan fingerprint density at radius 2 is 1.40 bits per heavy atom. The van der Waals surface area contributed by atoms with Crippen molar-refractivity contribution in [1.29, 1.82) is 0 Å². The Morgan fingerprint density at radius 3 is 2.02 bits per heavy atom. The first-order chi connectivity index (χ1) is 27.0. The summed E-state index contributed by atoms with van der Waals surface area (Å²) in [5.41, 5.74) is -0.878. The van der Waals surface area contributed by atoms with E-state index in [0.717, 1.165) is 44.1 Å². The van der Waals surface area contributed by atoms with Gasteiger partial charge in [-0.3, -0.25) is 4.79 Å². The van der Waals surface area contributed by atoms with Crippen LogP contribution in [0.4, 0.5) is 0 Å². The van der Waals surface area contributed by atoms with Crippen molar-refractivity contribution in [2.75, 3.05) is 6.61 Å². The second kappa shape index (κ2) is 16.0. The summed E-state index contributed by atoms with van der Waals surface area (Å²) in [7, 11) is 0. The number of ether oxygens (including phenoxy) is 8. The molecule has 4 saturated carbocycles. The molecular weight excluding hydrogens is 740 g/mol. The minimum Gasteiger partial charge on any atom is -0.460 e. The van der Waals surface area contributed by atoms with Crippen molar-refractivity contribution in [3.63, 3.8) is 0 Å². The molecule has 4 heterocycles. The van der Waals surface area contributed by atoms with E-state index in [9.17, 15) is 30.0 Å². The Bertz CT molecular complexity index is 1500. The Kier molecular flexibility index (Phi) is 11.8. The van der Waals surface area contributed by atoms with Crippen molar-refractivity contribution in [3.8, 4) is 0 Å². The normalized spacial score (nSPS) is 52.6. The molecule has 14 nitrogen and oxygen atoms in total. The number of rotatable bonds is 8. The number of hydrogen-bond acceptors (Lipinski definition) is 14. The third kappa shape index (κ3) is 7.54. The molecule has 0 aromatic rings. The van der Waals surface area contributed by atoms with Gasteiger partial charge in [-0.2, -0.15) is 0 Å². The molecule has 0 amide bonds. The molecule has 3 saturated heterocycles. The molecule has 0 aromatic heterocycles. The van der Waals surface area contributed by atoms with E-state index < -0.39 is 72.6 Å². The molecule has 7 fully saturated rings. The third-order valence-electron chi connectivity index (χ3n) is 16.2. The Morgan fingerprint density at radius 1 is 0.754 bits per heavy atom. The Labute approximate surface area is 336 Å². The van der Waals surface area contributed by atoms with E-state index in [1.165, 1.54) is 6.92 Å². The predicted octanol–water partition coefficient (Wildman–Crippen LogP) is 3.82. The number of esters is 2. The van der Waals surface area contributed by atoms with Gasteiger partial charge < -0.3 is 58.3 Å². The molecule has 0 bridgehead atoms. The second-order valence-electron chi connectivity index (χ2n) is 19.2. The molecule has 0 radical (unpaired) electrons. The summed E-state index contributed by atoms with van der Waals surface area (Å²) in [5, 5.41) is 46.9. The fraction of sp³-hybridized carbons (Fsp3) is 0.907. The van der Waals surface area contributed by atoms with Crippen LogP contribution < -0.4 is 0 Å². The summed E-state index contributed by atoms with van der Waals surface area (Å²) < 4.78 is 48.0. The van der Waals surface area contributed by atoms with Crippen molar-refractivity contribution in [3.05, 3.63) is 11.6 Å². The molecule has 5 unspecified atom stereocenters. The van der Waals surface area contributed by atoms with E-state index in [0.29, 0.717) is 31.6 Å². The van der Waals surface area contributed by atoms with Crippen molar-refractivity contribution < 1.29 is 67.9 Å². The van der Waals surface area contributed by atoms with Crippen molar-refractivity contribution in [2.24, 2.45) is 34.5 Å². The van der Waals surface area contributed by atoms with E-state index in [2.05, 4.69) is 6.92 Å². The van der Waals surface area contributed by atoms with Crippen LogP contribution in [-0.2, 0) is 47.5 Å². The van der Waals surface area contributed by atoms with Gasteiger partial charge >= 0.3 is 11.9 Å². The molecule has 57 heavy (non-hydrogen) atoms. The average Bonchev–Trinajstić information content (AvgIpc) is 3.69. The predicted molar refractivity (Wildman–Crippen MR) is 201 cm³/mol. The van der Waals surface area contributed by atoms with Gasteiger partial charge in [-0.05, 0) is 113 Å². The molecule has 4 aliphatic heterocycles. The SMILES string of the molecule is CC(=O)O[C@H]1CCC(O[C@H]2[C@@H](O)CC(O[C@H]3[C@@H](O)C[C@H](O[C@H]4CC[C@@]5(C)C(CCC6C5C[C@@H](O)[C@]5(C)[C@@H](C7=CC(=O)OC7)CC[C@]65O)C4)O[C@@H]3C)O[C@@H]2C)O[C@@H]1C. The van der Waals surface area contributed by atoms with Gasteiger partial charge in [0.05, 0.1) is 48.3 Å². The van der Waals surface area contributed by atoms with E-state index in [-0.39, 0.29) is 72.9 Å². The highest BCUT2D eigenvalue weighted by Gasteiger charge is 2.71. The van der Waals surface area contributed by atoms with Crippen LogP contribution in [0.1, 0.15) is 119 Å². The molecule has 322 valence electrons. The highest BCUT2D eigenvalue weighted by Crippen LogP contribution is 2.70. The first-order valence-electron chi connectivity index (χ1n) is 21.7. The Hall–Kier alpha value is -1.72.